The van der Waals surface area contributed by atoms with Crippen LogP contribution in [0, 0.1) is 5.92 Å². The Morgan fingerprint density at radius 3 is 2.68 bits per heavy atom. The summed E-state index contributed by atoms with van der Waals surface area (Å²) in [4.78, 5) is 0. The number of hydrogen-bond donors (Lipinski definition) is 1. The Bertz CT molecular complexity index is 406. The van der Waals surface area contributed by atoms with E-state index in [1.54, 1.807) is 11.1 Å². The van der Waals surface area contributed by atoms with Gasteiger partial charge in [0.05, 0.1) is 0 Å². The number of rotatable bonds is 4. The second kappa shape index (κ2) is 6.09. The van der Waals surface area contributed by atoms with E-state index in [2.05, 4.69) is 36.5 Å². The van der Waals surface area contributed by atoms with E-state index >= 15 is 0 Å². The number of fused-ring (bicyclic) bond motifs is 1. The molecule has 1 aromatic carbocycles. The standard InChI is InChI=1S/C18H27N/c1-2-19-18(15-9-4-3-5-10-15)17-13-12-14-8-6-7-11-16(14)17/h6-8,11,15,17-19H,2-5,9-10,12-13H2,1H3. The van der Waals surface area contributed by atoms with Crippen LogP contribution in [0.5, 0.6) is 0 Å². The topological polar surface area (TPSA) is 12.0 Å². The monoisotopic (exact) mass is 257 g/mol. The van der Waals surface area contributed by atoms with Gasteiger partial charge < -0.3 is 5.32 Å². The van der Waals surface area contributed by atoms with Gasteiger partial charge >= 0.3 is 0 Å². The third-order valence-corrected chi connectivity index (χ3v) is 5.21. The Labute approximate surface area is 117 Å². The highest BCUT2D eigenvalue weighted by Gasteiger charge is 2.34. The first-order chi connectivity index (χ1) is 9.40. The molecule has 0 aromatic heterocycles. The molecule has 3 rings (SSSR count). The van der Waals surface area contributed by atoms with Crippen LogP contribution in [-0.4, -0.2) is 12.6 Å². The molecule has 1 saturated carbocycles. The van der Waals surface area contributed by atoms with Crippen LogP contribution >= 0.6 is 0 Å². The van der Waals surface area contributed by atoms with Gasteiger partial charge in [-0.15, -0.1) is 0 Å². The van der Waals surface area contributed by atoms with Crippen molar-refractivity contribution in [2.45, 2.75) is 63.8 Å². The fourth-order valence-corrected chi connectivity index (χ4v) is 4.33. The SMILES string of the molecule is CCNC(C1CCCCC1)C1CCc2ccccc21. The zero-order valence-electron chi connectivity index (χ0n) is 12.2. The van der Waals surface area contributed by atoms with Crippen LogP contribution in [0.15, 0.2) is 24.3 Å². The van der Waals surface area contributed by atoms with Crippen molar-refractivity contribution in [1.29, 1.82) is 0 Å². The molecule has 104 valence electrons. The molecular formula is C18H27N. The number of nitrogens with one attached hydrogen (secondary N) is 1. The van der Waals surface area contributed by atoms with E-state index in [-0.39, 0.29) is 0 Å². The van der Waals surface area contributed by atoms with Crippen molar-refractivity contribution in [2.75, 3.05) is 6.54 Å². The molecule has 19 heavy (non-hydrogen) atoms. The summed E-state index contributed by atoms with van der Waals surface area (Å²) in [6.07, 6.45) is 9.87. The van der Waals surface area contributed by atoms with Gasteiger partial charge in [0.15, 0.2) is 0 Å². The molecule has 0 amide bonds. The van der Waals surface area contributed by atoms with Crippen molar-refractivity contribution in [3.8, 4) is 0 Å². The molecule has 2 unspecified atom stereocenters. The summed E-state index contributed by atoms with van der Waals surface area (Å²) in [5.74, 6) is 1.67. The average Bonchev–Trinajstić information content (AvgIpc) is 2.89. The molecule has 0 aliphatic heterocycles. The molecule has 2 atom stereocenters. The highest BCUT2D eigenvalue weighted by atomic mass is 14.9. The maximum absolute atomic E-state index is 3.84. The van der Waals surface area contributed by atoms with Crippen molar-refractivity contribution >= 4 is 0 Å². The second-order valence-electron chi connectivity index (χ2n) is 6.33. The Morgan fingerprint density at radius 1 is 1.11 bits per heavy atom. The van der Waals surface area contributed by atoms with E-state index in [1.165, 1.54) is 44.9 Å². The zero-order chi connectivity index (χ0) is 13.1. The maximum atomic E-state index is 3.84. The molecule has 0 radical (unpaired) electrons. The van der Waals surface area contributed by atoms with E-state index in [0.29, 0.717) is 6.04 Å². The minimum atomic E-state index is 0.717. The Balaban J connectivity index is 1.80. The molecule has 1 nitrogen and oxygen atoms in total. The fraction of sp³-hybridized carbons (Fsp3) is 0.667. The van der Waals surface area contributed by atoms with Crippen molar-refractivity contribution < 1.29 is 0 Å². The van der Waals surface area contributed by atoms with E-state index in [0.717, 1.165) is 18.4 Å². The van der Waals surface area contributed by atoms with E-state index in [1.807, 2.05) is 0 Å². The normalized spacial score (nSPS) is 25.2. The Kier molecular flexibility index (Phi) is 4.22. The second-order valence-corrected chi connectivity index (χ2v) is 6.33. The third-order valence-electron chi connectivity index (χ3n) is 5.21. The van der Waals surface area contributed by atoms with Crippen LogP contribution in [0.25, 0.3) is 0 Å². The summed E-state index contributed by atoms with van der Waals surface area (Å²) < 4.78 is 0. The number of hydrogen-bond acceptors (Lipinski definition) is 1. The fourth-order valence-electron chi connectivity index (χ4n) is 4.33. The first-order valence-corrected chi connectivity index (χ1v) is 8.21. The van der Waals surface area contributed by atoms with Crippen LogP contribution in [0.2, 0.25) is 0 Å². The smallest absolute Gasteiger partial charge is 0.0164 e. The van der Waals surface area contributed by atoms with Crippen LogP contribution < -0.4 is 5.32 Å². The van der Waals surface area contributed by atoms with E-state index in [4.69, 9.17) is 0 Å². The lowest BCUT2D eigenvalue weighted by atomic mass is 9.77. The molecule has 2 aliphatic carbocycles. The van der Waals surface area contributed by atoms with E-state index in [9.17, 15) is 0 Å². The molecular weight excluding hydrogens is 230 g/mol. The quantitative estimate of drug-likeness (QED) is 0.849. The summed E-state index contributed by atoms with van der Waals surface area (Å²) in [5.41, 5.74) is 3.24. The average molecular weight is 257 g/mol. The molecule has 0 spiro atoms. The molecule has 1 heteroatoms. The van der Waals surface area contributed by atoms with Gasteiger partial charge in [0, 0.05) is 12.0 Å². The van der Waals surface area contributed by atoms with Gasteiger partial charge in [-0.25, -0.2) is 0 Å². The molecule has 2 aliphatic rings. The van der Waals surface area contributed by atoms with E-state index < -0.39 is 0 Å². The van der Waals surface area contributed by atoms with Gasteiger partial charge in [-0.05, 0) is 49.3 Å². The molecule has 1 aromatic rings. The minimum Gasteiger partial charge on any atom is -0.313 e. The Hall–Kier alpha value is -0.820. The van der Waals surface area contributed by atoms with Crippen molar-refractivity contribution in [2.24, 2.45) is 5.92 Å². The lowest BCUT2D eigenvalue weighted by molar-refractivity contribution is 0.241. The third kappa shape index (κ3) is 2.72. The van der Waals surface area contributed by atoms with Gasteiger partial charge in [-0.1, -0.05) is 50.5 Å². The first kappa shape index (κ1) is 13.2. The highest BCUT2D eigenvalue weighted by molar-refractivity contribution is 5.36. The molecule has 0 heterocycles. The summed E-state index contributed by atoms with van der Waals surface area (Å²) in [6.45, 7) is 3.37. The number of aryl methyl sites for hydroxylation is 1. The highest BCUT2D eigenvalue weighted by Crippen LogP contribution is 2.40. The predicted molar refractivity (Wildman–Crippen MR) is 81.5 cm³/mol. The lowest BCUT2D eigenvalue weighted by Gasteiger charge is -2.35. The maximum Gasteiger partial charge on any atom is 0.0164 e. The lowest BCUT2D eigenvalue weighted by Crippen LogP contribution is -2.41. The summed E-state index contributed by atoms with van der Waals surface area (Å²) in [7, 11) is 0. The van der Waals surface area contributed by atoms with Gasteiger partial charge in [-0.3, -0.25) is 0 Å². The number of benzene rings is 1. The van der Waals surface area contributed by atoms with Crippen LogP contribution in [-0.2, 0) is 6.42 Å². The Morgan fingerprint density at radius 2 is 1.89 bits per heavy atom. The summed E-state index contributed by atoms with van der Waals surface area (Å²) in [5, 5.41) is 3.84. The van der Waals surface area contributed by atoms with Crippen LogP contribution in [0.1, 0.15) is 62.5 Å². The molecule has 0 bridgehead atoms. The zero-order valence-corrected chi connectivity index (χ0v) is 12.2. The number of likely N-dealkylation sites (N-methyl/N-ethyl adjacent to an activating group) is 1. The summed E-state index contributed by atoms with van der Waals surface area (Å²) >= 11 is 0. The van der Waals surface area contributed by atoms with Gasteiger partial charge in [0.1, 0.15) is 0 Å². The van der Waals surface area contributed by atoms with Gasteiger partial charge in [-0.2, -0.15) is 0 Å². The van der Waals surface area contributed by atoms with Crippen molar-refractivity contribution in [3.63, 3.8) is 0 Å². The van der Waals surface area contributed by atoms with Gasteiger partial charge in [0.25, 0.3) is 0 Å². The van der Waals surface area contributed by atoms with Crippen molar-refractivity contribution in [1.82, 2.24) is 5.32 Å². The summed E-state index contributed by atoms with van der Waals surface area (Å²) in [6, 6.07) is 9.85. The largest absolute Gasteiger partial charge is 0.313 e. The molecule has 1 fully saturated rings. The van der Waals surface area contributed by atoms with Crippen LogP contribution in [0.3, 0.4) is 0 Å². The minimum absolute atomic E-state index is 0.717. The molecule has 1 N–H and O–H groups in total. The predicted octanol–water partition coefficient (Wildman–Crippen LogP) is 4.27. The first-order valence-electron chi connectivity index (χ1n) is 8.21. The van der Waals surface area contributed by atoms with Crippen LogP contribution in [0.4, 0.5) is 0 Å². The molecule has 0 saturated heterocycles. The van der Waals surface area contributed by atoms with Crippen molar-refractivity contribution in [3.05, 3.63) is 35.4 Å². The van der Waals surface area contributed by atoms with Gasteiger partial charge in [0.2, 0.25) is 0 Å².